The number of nitrogen functional groups attached to an aromatic ring is 1. The van der Waals surface area contributed by atoms with Crippen molar-refractivity contribution in [2.45, 2.75) is 19.3 Å². The van der Waals surface area contributed by atoms with E-state index in [1.54, 1.807) is 20.4 Å². The summed E-state index contributed by atoms with van der Waals surface area (Å²) in [6.45, 7) is 2.17. The monoisotopic (exact) mass is 349 g/mol. The van der Waals surface area contributed by atoms with Crippen molar-refractivity contribution < 1.29 is 9.47 Å². The third-order valence-corrected chi connectivity index (χ3v) is 4.36. The Bertz CT molecular complexity index is 896. The average molecular weight is 349 g/mol. The van der Waals surface area contributed by atoms with Crippen molar-refractivity contribution in [3.63, 3.8) is 0 Å². The van der Waals surface area contributed by atoms with E-state index in [9.17, 15) is 0 Å². The zero-order chi connectivity index (χ0) is 18.5. The number of benzene rings is 2. The van der Waals surface area contributed by atoms with E-state index in [0.29, 0.717) is 17.4 Å². The van der Waals surface area contributed by atoms with Crippen LogP contribution in [0.15, 0.2) is 54.9 Å². The minimum absolute atomic E-state index is 0.299. The molecular weight excluding hydrogens is 326 g/mol. The SMILES string of the molecule is COc1ccc(-c2cncc(C[C@@H](C)c3cccc(N)c3)n2)cc1OC. The molecule has 1 atom stereocenters. The summed E-state index contributed by atoms with van der Waals surface area (Å²) in [5.74, 6) is 1.66. The van der Waals surface area contributed by atoms with Gasteiger partial charge in [0, 0.05) is 17.4 Å². The first-order valence-corrected chi connectivity index (χ1v) is 8.49. The molecule has 0 saturated heterocycles. The van der Waals surface area contributed by atoms with Crippen LogP contribution < -0.4 is 15.2 Å². The minimum Gasteiger partial charge on any atom is -0.493 e. The maximum absolute atomic E-state index is 5.89. The van der Waals surface area contributed by atoms with Crippen LogP contribution in [0.25, 0.3) is 11.3 Å². The van der Waals surface area contributed by atoms with Crippen LogP contribution in [0.3, 0.4) is 0 Å². The van der Waals surface area contributed by atoms with E-state index in [1.165, 1.54) is 5.56 Å². The molecule has 5 nitrogen and oxygen atoms in total. The van der Waals surface area contributed by atoms with Crippen molar-refractivity contribution in [1.82, 2.24) is 9.97 Å². The maximum atomic E-state index is 5.89. The first-order valence-electron chi connectivity index (χ1n) is 8.49. The highest BCUT2D eigenvalue weighted by Crippen LogP contribution is 2.31. The molecule has 26 heavy (non-hydrogen) atoms. The van der Waals surface area contributed by atoms with E-state index >= 15 is 0 Å². The lowest BCUT2D eigenvalue weighted by Gasteiger charge is -2.13. The number of nitrogens with zero attached hydrogens (tertiary/aromatic N) is 2. The second-order valence-corrected chi connectivity index (χ2v) is 6.24. The van der Waals surface area contributed by atoms with Gasteiger partial charge < -0.3 is 15.2 Å². The molecule has 0 aliphatic rings. The molecule has 2 aromatic carbocycles. The zero-order valence-corrected chi connectivity index (χ0v) is 15.3. The molecule has 1 aromatic heterocycles. The second-order valence-electron chi connectivity index (χ2n) is 6.24. The Kier molecular flexibility index (Phi) is 5.37. The summed E-state index contributed by atoms with van der Waals surface area (Å²) < 4.78 is 10.7. The van der Waals surface area contributed by atoms with Crippen LogP contribution in [0, 0.1) is 0 Å². The quantitative estimate of drug-likeness (QED) is 0.679. The summed E-state index contributed by atoms with van der Waals surface area (Å²) in [7, 11) is 3.24. The molecule has 0 unspecified atom stereocenters. The van der Waals surface area contributed by atoms with Gasteiger partial charge in [0.15, 0.2) is 11.5 Å². The van der Waals surface area contributed by atoms with Gasteiger partial charge in [-0.3, -0.25) is 4.98 Å². The van der Waals surface area contributed by atoms with Crippen molar-refractivity contribution in [3.05, 3.63) is 66.1 Å². The van der Waals surface area contributed by atoms with Gasteiger partial charge in [-0.1, -0.05) is 19.1 Å². The van der Waals surface area contributed by atoms with Crippen molar-refractivity contribution in [3.8, 4) is 22.8 Å². The fourth-order valence-electron chi connectivity index (χ4n) is 2.94. The van der Waals surface area contributed by atoms with Crippen molar-refractivity contribution in [2.75, 3.05) is 20.0 Å². The largest absolute Gasteiger partial charge is 0.493 e. The molecule has 0 aliphatic heterocycles. The highest BCUT2D eigenvalue weighted by molar-refractivity contribution is 5.63. The number of nitrogens with two attached hydrogens (primary N) is 1. The van der Waals surface area contributed by atoms with Crippen molar-refractivity contribution in [1.29, 1.82) is 0 Å². The molecule has 0 aliphatic carbocycles. The zero-order valence-electron chi connectivity index (χ0n) is 15.3. The van der Waals surface area contributed by atoms with E-state index in [1.807, 2.05) is 42.6 Å². The summed E-state index contributed by atoms with van der Waals surface area (Å²) in [5.41, 5.74) is 10.5. The maximum Gasteiger partial charge on any atom is 0.161 e. The number of anilines is 1. The van der Waals surface area contributed by atoms with E-state index in [-0.39, 0.29) is 0 Å². The lowest BCUT2D eigenvalue weighted by Crippen LogP contribution is -2.03. The first-order chi connectivity index (χ1) is 12.6. The van der Waals surface area contributed by atoms with Gasteiger partial charge in [-0.25, -0.2) is 4.98 Å². The minimum atomic E-state index is 0.299. The van der Waals surface area contributed by atoms with Crippen LogP contribution in [0.2, 0.25) is 0 Å². The average Bonchev–Trinajstić information content (AvgIpc) is 2.67. The van der Waals surface area contributed by atoms with Crippen LogP contribution in [0.5, 0.6) is 11.5 Å². The highest BCUT2D eigenvalue weighted by Gasteiger charge is 2.11. The molecule has 0 saturated carbocycles. The van der Waals surface area contributed by atoms with E-state index in [4.69, 9.17) is 20.2 Å². The Labute approximate surface area is 153 Å². The van der Waals surface area contributed by atoms with Crippen molar-refractivity contribution >= 4 is 5.69 Å². The Hall–Kier alpha value is -3.08. The van der Waals surface area contributed by atoms with Gasteiger partial charge in [0.1, 0.15) is 0 Å². The number of aromatic nitrogens is 2. The van der Waals surface area contributed by atoms with Gasteiger partial charge in [-0.05, 0) is 48.2 Å². The molecule has 5 heteroatoms. The van der Waals surface area contributed by atoms with Gasteiger partial charge in [-0.2, -0.15) is 0 Å². The topological polar surface area (TPSA) is 70.3 Å². The summed E-state index contributed by atoms with van der Waals surface area (Å²) in [4.78, 5) is 9.14. The molecule has 3 aromatic rings. The number of methoxy groups -OCH3 is 2. The summed E-state index contributed by atoms with van der Waals surface area (Å²) in [6.07, 6.45) is 4.36. The Morgan fingerprint density at radius 3 is 2.54 bits per heavy atom. The van der Waals surface area contributed by atoms with Gasteiger partial charge in [0.25, 0.3) is 0 Å². The van der Waals surface area contributed by atoms with Gasteiger partial charge >= 0.3 is 0 Å². The normalized spacial score (nSPS) is 11.8. The van der Waals surface area contributed by atoms with Crippen LogP contribution in [-0.4, -0.2) is 24.2 Å². The molecule has 1 heterocycles. The second kappa shape index (κ2) is 7.87. The van der Waals surface area contributed by atoms with E-state index in [0.717, 1.165) is 29.1 Å². The summed E-state index contributed by atoms with van der Waals surface area (Å²) in [6, 6.07) is 13.7. The Morgan fingerprint density at radius 2 is 1.81 bits per heavy atom. The molecule has 0 spiro atoms. The first kappa shape index (κ1) is 17.7. The predicted octanol–water partition coefficient (Wildman–Crippen LogP) is 4.09. The smallest absolute Gasteiger partial charge is 0.161 e. The Morgan fingerprint density at radius 1 is 1.00 bits per heavy atom. The van der Waals surface area contributed by atoms with Crippen LogP contribution in [0.4, 0.5) is 5.69 Å². The fourth-order valence-corrected chi connectivity index (χ4v) is 2.94. The third-order valence-electron chi connectivity index (χ3n) is 4.36. The summed E-state index contributed by atoms with van der Waals surface area (Å²) in [5, 5.41) is 0. The van der Waals surface area contributed by atoms with Gasteiger partial charge in [-0.15, -0.1) is 0 Å². The molecular formula is C21H23N3O2. The number of ether oxygens (including phenoxy) is 2. The lowest BCUT2D eigenvalue weighted by molar-refractivity contribution is 0.355. The van der Waals surface area contributed by atoms with Gasteiger partial charge in [0.2, 0.25) is 0 Å². The van der Waals surface area contributed by atoms with E-state index < -0.39 is 0 Å². The van der Waals surface area contributed by atoms with Crippen LogP contribution in [0.1, 0.15) is 24.1 Å². The van der Waals surface area contributed by atoms with Gasteiger partial charge in [0.05, 0.1) is 31.8 Å². The molecule has 0 fully saturated rings. The Balaban J connectivity index is 1.84. The predicted molar refractivity (Wildman–Crippen MR) is 104 cm³/mol. The molecule has 0 amide bonds. The highest BCUT2D eigenvalue weighted by atomic mass is 16.5. The lowest BCUT2D eigenvalue weighted by atomic mass is 9.96. The number of hydrogen-bond acceptors (Lipinski definition) is 5. The van der Waals surface area contributed by atoms with Crippen LogP contribution in [-0.2, 0) is 6.42 Å². The number of rotatable bonds is 6. The van der Waals surface area contributed by atoms with Crippen LogP contribution >= 0.6 is 0 Å². The molecule has 0 bridgehead atoms. The molecule has 2 N–H and O–H groups in total. The molecule has 134 valence electrons. The van der Waals surface area contributed by atoms with Crippen molar-refractivity contribution in [2.24, 2.45) is 0 Å². The molecule has 3 rings (SSSR count). The third kappa shape index (κ3) is 3.94. The standard InChI is InChI=1S/C21H23N3O2/c1-14(15-5-4-6-17(22)10-15)9-18-12-23-13-19(24-18)16-7-8-20(25-2)21(11-16)26-3/h4-8,10-14H,9,22H2,1-3H3/t14-/m1/s1. The molecule has 0 radical (unpaired) electrons. The summed E-state index contributed by atoms with van der Waals surface area (Å²) >= 11 is 0. The van der Waals surface area contributed by atoms with E-state index in [2.05, 4.69) is 18.0 Å². The fraction of sp³-hybridized carbons (Fsp3) is 0.238. The number of hydrogen-bond donors (Lipinski definition) is 1.